The molecule has 0 unspecified atom stereocenters. The Morgan fingerprint density at radius 3 is 2.69 bits per heavy atom. The summed E-state index contributed by atoms with van der Waals surface area (Å²) in [6, 6.07) is 0. The lowest BCUT2D eigenvalue weighted by Gasteiger charge is -2.06. The maximum Gasteiger partial charge on any atom is 0.258 e. The van der Waals surface area contributed by atoms with Crippen molar-refractivity contribution < 1.29 is 0 Å². The van der Waals surface area contributed by atoms with Gasteiger partial charge in [0, 0.05) is 13.6 Å². The molecule has 2 heterocycles. The Hall–Kier alpha value is -2.25. The van der Waals surface area contributed by atoms with Crippen LogP contribution >= 0.6 is 0 Å². The van der Waals surface area contributed by atoms with Crippen LogP contribution in [0.2, 0.25) is 0 Å². The second kappa shape index (κ2) is 4.51. The molecule has 2 aromatic rings. The van der Waals surface area contributed by atoms with Crippen molar-refractivity contribution >= 4 is 11.9 Å². The van der Waals surface area contributed by atoms with Gasteiger partial charge in [0.25, 0.3) is 5.95 Å². The van der Waals surface area contributed by atoms with Gasteiger partial charge >= 0.3 is 0 Å². The molecule has 0 bridgehead atoms. The van der Waals surface area contributed by atoms with E-state index in [0.717, 1.165) is 6.54 Å². The Bertz CT molecular complexity index is 451. The zero-order valence-corrected chi connectivity index (χ0v) is 9.05. The van der Waals surface area contributed by atoms with E-state index in [4.69, 9.17) is 0 Å². The topological polar surface area (TPSA) is 93.4 Å². The van der Waals surface area contributed by atoms with Crippen molar-refractivity contribution in [3.05, 3.63) is 12.7 Å². The fourth-order valence-corrected chi connectivity index (χ4v) is 1.13. The van der Waals surface area contributed by atoms with Crippen molar-refractivity contribution in [2.45, 2.75) is 6.92 Å². The molecule has 0 aliphatic rings. The first-order chi connectivity index (χ1) is 7.83. The average molecular weight is 220 g/mol. The van der Waals surface area contributed by atoms with Gasteiger partial charge in [0.2, 0.25) is 11.9 Å². The molecule has 0 aliphatic heterocycles. The number of anilines is 2. The predicted octanol–water partition coefficient (Wildman–Crippen LogP) is -0.0742. The van der Waals surface area contributed by atoms with Crippen molar-refractivity contribution in [3.8, 4) is 5.95 Å². The largest absolute Gasteiger partial charge is 0.357 e. The van der Waals surface area contributed by atoms with Crippen LogP contribution in [0.5, 0.6) is 0 Å². The van der Waals surface area contributed by atoms with Crippen LogP contribution in [0.15, 0.2) is 12.7 Å². The van der Waals surface area contributed by atoms with E-state index in [1.54, 1.807) is 7.05 Å². The lowest BCUT2D eigenvalue weighted by Crippen LogP contribution is -2.11. The number of hydrogen-bond acceptors (Lipinski definition) is 7. The van der Waals surface area contributed by atoms with Gasteiger partial charge in [-0.05, 0) is 6.92 Å². The second-order valence-corrected chi connectivity index (χ2v) is 2.90. The highest BCUT2D eigenvalue weighted by molar-refractivity contribution is 5.36. The monoisotopic (exact) mass is 220 g/mol. The summed E-state index contributed by atoms with van der Waals surface area (Å²) >= 11 is 0. The molecule has 8 nitrogen and oxygen atoms in total. The lowest BCUT2D eigenvalue weighted by atomic mass is 10.7. The Balaban J connectivity index is 2.41. The van der Waals surface area contributed by atoms with Crippen LogP contribution < -0.4 is 10.6 Å². The molecule has 0 saturated heterocycles. The molecular weight excluding hydrogens is 208 g/mol. The first-order valence-electron chi connectivity index (χ1n) is 4.86. The molecular formula is C8H12N8. The Morgan fingerprint density at radius 1 is 1.25 bits per heavy atom. The minimum absolute atomic E-state index is 0.424. The third-order valence-electron chi connectivity index (χ3n) is 1.81. The lowest BCUT2D eigenvalue weighted by molar-refractivity contribution is 0.796. The van der Waals surface area contributed by atoms with Crippen molar-refractivity contribution in [1.29, 1.82) is 0 Å². The highest BCUT2D eigenvalue weighted by atomic mass is 15.4. The standard InChI is InChI=1S/C8H12N8/c1-3-11-7-13-6(9-2)14-8(15-7)16-5-10-4-12-16/h4-5H,3H2,1-2H3,(H2,9,11,13,14,15). The summed E-state index contributed by atoms with van der Waals surface area (Å²) in [6.07, 6.45) is 2.96. The van der Waals surface area contributed by atoms with Gasteiger partial charge in [-0.2, -0.15) is 24.7 Å². The highest BCUT2D eigenvalue weighted by Gasteiger charge is 2.06. The van der Waals surface area contributed by atoms with E-state index in [9.17, 15) is 0 Å². The zero-order chi connectivity index (χ0) is 11.4. The third-order valence-corrected chi connectivity index (χ3v) is 1.81. The predicted molar refractivity (Wildman–Crippen MR) is 58.5 cm³/mol. The molecule has 84 valence electrons. The minimum atomic E-state index is 0.424. The fourth-order valence-electron chi connectivity index (χ4n) is 1.13. The van der Waals surface area contributed by atoms with E-state index in [2.05, 4.69) is 35.7 Å². The summed E-state index contributed by atoms with van der Waals surface area (Å²) in [5.41, 5.74) is 0. The van der Waals surface area contributed by atoms with Gasteiger partial charge in [0.1, 0.15) is 12.7 Å². The van der Waals surface area contributed by atoms with Crippen LogP contribution in [-0.4, -0.2) is 43.3 Å². The van der Waals surface area contributed by atoms with Crippen LogP contribution in [0.1, 0.15) is 6.92 Å². The van der Waals surface area contributed by atoms with Gasteiger partial charge in [-0.1, -0.05) is 0 Å². The van der Waals surface area contributed by atoms with Crippen LogP contribution in [0, 0.1) is 0 Å². The molecule has 0 fully saturated rings. The summed E-state index contributed by atoms with van der Waals surface area (Å²) in [6.45, 7) is 2.71. The fraction of sp³-hybridized carbons (Fsp3) is 0.375. The van der Waals surface area contributed by atoms with Crippen LogP contribution in [0.4, 0.5) is 11.9 Å². The molecule has 0 spiro atoms. The molecule has 0 amide bonds. The van der Waals surface area contributed by atoms with Crippen molar-refractivity contribution in [2.24, 2.45) is 0 Å². The molecule has 0 radical (unpaired) electrons. The molecule has 2 rings (SSSR count). The molecule has 0 saturated carbocycles. The molecule has 16 heavy (non-hydrogen) atoms. The number of aromatic nitrogens is 6. The van der Waals surface area contributed by atoms with E-state index in [1.807, 2.05) is 6.92 Å². The van der Waals surface area contributed by atoms with E-state index < -0.39 is 0 Å². The van der Waals surface area contributed by atoms with Crippen molar-refractivity contribution in [3.63, 3.8) is 0 Å². The summed E-state index contributed by atoms with van der Waals surface area (Å²) in [7, 11) is 1.75. The van der Waals surface area contributed by atoms with Gasteiger partial charge in [-0.25, -0.2) is 4.98 Å². The van der Waals surface area contributed by atoms with E-state index in [-0.39, 0.29) is 0 Å². The maximum atomic E-state index is 4.20. The number of nitrogens with zero attached hydrogens (tertiary/aromatic N) is 6. The quantitative estimate of drug-likeness (QED) is 0.744. The van der Waals surface area contributed by atoms with Gasteiger partial charge in [0.15, 0.2) is 0 Å². The van der Waals surface area contributed by atoms with Gasteiger partial charge in [0.05, 0.1) is 0 Å². The second-order valence-electron chi connectivity index (χ2n) is 2.90. The molecule has 2 aromatic heterocycles. The number of rotatable bonds is 4. The van der Waals surface area contributed by atoms with Crippen LogP contribution in [-0.2, 0) is 0 Å². The molecule has 0 aromatic carbocycles. The van der Waals surface area contributed by atoms with Crippen LogP contribution in [0.3, 0.4) is 0 Å². The molecule has 2 N–H and O–H groups in total. The summed E-state index contributed by atoms with van der Waals surface area (Å²) < 4.78 is 1.48. The van der Waals surface area contributed by atoms with Crippen LogP contribution in [0.25, 0.3) is 5.95 Å². The van der Waals surface area contributed by atoms with E-state index in [1.165, 1.54) is 17.3 Å². The summed E-state index contributed by atoms with van der Waals surface area (Å²) in [4.78, 5) is 16.4. The molecule has 0 aliphatic carbocycles. The summed E-state index contributed by atoms with van der Waals surface area (Å²) in [5, 5.41) is 9.85. The molecule has 0 atom stereocenters. The Morgan fingerprint density at radius 2 is 2.06 bits per heavy atom. The van der Waals surface area contributed by atoms with Gasteiger partial charge in [-0.3, -0.25) is 0 Å². The van der Waals surface area contributed by atoms with Crippen molar-refractivity contribution in [1.82, 2.24) is 29.7 Å². The minimum Gasteiger partial charge on any atom is -0.357 e. The van der Waals surface area contributed by atoms with E-state index in [0.29, 0.717) is 17.8 Å². The molecule has 8 heteroatoms. The Kier molecular flexibility index (Phi) is 2.90. The van der Waals surface area contributed by atoms with E-state index >= 15 is 0 Å². The highest BCUT2D eigenvalue weighted by Crippen LogP contribution is 2.07. The smallest absolute Gasteiger partial charge is 0.258 e. The zero-order valence-electron chi connectivity index (χ0n) is 9.05. The average Bonchev–Trinajstić information content (AvgIpc) is 2.82. The Labute approximate surface area is 92.2 Å². The van der Waals surface area contributed by atoms with Gasteiger partial charge < -0.3 is 10.6 Å². The first-order valence-corrected chi connectivity index (χ1v) is 4.86. The van der Waals surface area contributed by atoms with Crippen molar-refractivity contribution in [2.75, 3.05) is 24.2 Å². The SMILES string of the molecule is CCNc1nc(NC)nc(-n2cncn2)n1. The summed E-state index contributed by atoms with van der Waals surface area (Å²) in [5.74, 6) is 1.41. The number of nitrogens with one attached hydrogen (secondary N) is 2. The normalized spacial score (nSPS) is 10.1. The third kappa shape index (κ3) is 2.05. The first kappa shape index (κ1) is 10.3. The number of hydrogen-bond donors (Lipinski definition) is 2. The van der Waals surface area contributed by atoms with Gasteiger partial charge in [-0.15, -0.1) is 0 Å². The maximum absolute atomic E-state index is 4.20.